The molecular weight excluding hydrogens is 196 g/mol. The quantitative estimate of drug-likeness (QED) is 0.790. The third-order valence-corrected chi connectivity index (χ3v) is 4.25. The summed E-state index contributed by atoms with van der Waals surface area (Å²) in [6.45, 7) is 7.53. The highest BCUT2D eigenvalue weighted by Crippen LogP contribution is 2.24. The molecule has 0 aromatic heterocycles. The minimum absolute atomic E-state index is 0.821. The molecule has 0 aromatic rings. The van der Waals surface area contributed by atoms with Crippen molar-refractivity contribution in [2.75, 3.05) is 26.2 Å². The first-order valence-electron chi connectivity index (χ1n) is 7.30. The topological polar surface area (TPSA) is 15.3 Å². The minimum Gasteiger partial charge on any atom is -0.313 e. The molecule has 1 heterocycles. The first kappa shape index (κ1) is 12.4. The number of hydrogen-bond donors (Lipinski definition) is 1. The molecule has 2 aliphatic rings. The molecule has 1 N–H and O–H groups in total. The molecule has 16 heavy (non-hydrogen) atoms. The normalized spacial score (nSPS) is 32.8. The van der Waals surface area contributed by atoms with E-state index in [0.29, 0.717) is 0 Å². The van der Waals surface area contributed by atoms with E-state index < -0.39 is 0 Å². The van der Waals surface area contributed by atoms with Gasteiger partial charge in [0.2, 0.25) is 0 Å². The zero-order valence-corrected chi connectivity index (χ0v) is 10.9. The van der Waals surface area contributed by atoms with Gasteiger partial charge in [-0.15, -0.1) is 0 Å². The van der Waals surface area contributed by atoms with Gasteiger partial charge < -0.3 is 10.2 Å². The van der Waals surface area contributed by atoms with Gasteiger partial charge in [-0.3, -0.25) is 0 Å². The van der Waals surface area contributed by atoms with E-state index in [0.717, 1.165) is 12.0 Å². The maximum atomic E-state index is 3.74. The summed E-state index contributed by atoms with van der Waals surface area (Å²) in [6, 6.07) is 0.821. The van der Waals surface area contributed by atoms with E-state index >= 15 is 0 Å². The van der Waals surface area contributed by atoms with Gasteiger partial charge in [-0.1, -0.05) is 19.8 Å². The summed E-state index contributed by atoms with van der Waals surface area (Å²) in [5, 5.41) is 3.74. The van der Waals surface area contributed by atoms with Crippen LogP contribution in [-0.4, -0.2) is 37.1 Å². The molecule has 2 heteroatoms. The molecule has 0 amide bonds. The lowest BCUT2D eigenvalue weighted by molar-refractivity contribution is 0.278. The third-order valence-electron chi connectivity index (χ3n) is 4.25. The SMILES string of the molecule is CC1CCC(NCCN2CCCCCC2)C1. The Morgan fingerprint density at radius 1 is 1.06 bits per heavy atom. The van der Waals surface area contributed by atoms with Crippen LogP contribution in [0.1, 0.15) is 51.9 Å². The summed E-state index contributed by atoms with van der Waals surface area (Å²) >= 11 is 0. The zero-order valence-electron chi connectivity index (χ0n) is 10.9. The number of nitrogens with one attached hydrogen (secondary N) is 1. The van der Waals surface area contributed by atoms with Crippen molar-refractivity contribution in [3.63, 3.8) is 0 Å². The molecule has 94 valence electrons. The second-order valence-electron chi connectivity index (χ2n) is 5.83. The Morgan fingerprint density at radius 3 is 2.44 bits per heavy atom. The molecule has 0 spiro atoms. The van der Waals surface area contributed by atoms with Gasteiger partial charge >= 0.3 is 0 Å². The number of hydrogen-bond acceptors (Lipinski definition) is 2. The van der Waals surface area contributed by atoms with Crippen LogP contribution in [0.5, 0.6) is 0 Å². The molecule has 0 bridgehead atoms. The Labute approximate surface area is 101 Å². The van der Waals surface area contributed by atoms with Gasteiger partial charge in [-0.25, -0.2) is 0 Å². The van der Waals surface area contributed by atoms with Gasteiger partial charge in [0.05, 0.1) is 0 Å². The maximum absolute atomic E-state index is 3.74. The molecule has 1 aliphatic heterocycles. The van der Waals surface area contributed by atoms with Crippen molar-refractivity contribution >= 4 is 0 Å². The Bertz CT molecular complexity index is 185. The highest BCUT2D eigenvalue weighted by Gasteiger charge is 2.20. The molecule has 2 unspecified atom stereocenters. The van der Waals surface area contributed by atoms with Crippen LogP contribution in [0, 0.1) is 5.92 Å². The van der Waals surface area contributed by atoms with Gasteiger partial charge in [0, 0.05) is 19.1 Å². The van der Waals surface area contributed by atoms with E-state index in [-0.39, 0.29) is 0 Å². The third kappa shape index (κ3) is 4.06. The molecule has 1 saturated heterocycles. The average molecular weight is 224 g/mol. The molecule has 2 atom stereocenters. The van der Waals surface area contributed by atoms with Gasteiger partial charge in [-0.2, -0.15) is 0 Å². The van der Waals surface area contributed by atoms with Gasteiger partial charge in [0.25, 0.3) is 0 Å². The summed E-state index contributed by atoms with van der Waals surface area (Å²) in [6.07, 6.45) is 9.97. The molecule has 0 aromatic carbocycles. The Morgan fingerprint density at radius 2 is 1.81 bits per heavy atom. The smallest absolute Gasteiger partial charge is 0.0107 e. The van der Waals surface area contributed by atoms with Crippen LogP contribution in [0.3, 0.4) is 0 Å². The van der Waals surface area contributed by atoms with E-state index in [2.05, 4.69) is 17.1 Å². The number of likely N-dealkylation sites (tertiary alicyclic amines) is 1. The van der Waals surface area contributed by atoms with Crippen LogP contribution in [0.4, 0.5) is 0 Å². The summed E-state index contributed by atoms with van der Waals surface area (Å²) in [5.74, 6) is 0.954. The van der Waals surface area contributed by atoms with E-state index in [1.54, 1.807) is 0 Å². The van der Waals surface area contributed by atoms with Crippen molar-refractivity contribution in [2.24, 2.45) is 5.92 Å². The predicted molar refractivity (Wildman–Crippen MR) is 69.7 cm³/mol. The van der Waals surface area contributed by atoms with Gasteiger partial charge in [0.1, 0.15) is 0 Å². The summed E-state index contributed by atoms with van der Waals surface area (Å²) in [4.78, 5) is 2.65. The molecule has 0 radical (unpaired) electrons. The number of rotatable bonds is 4. The highest BCUT2D eigenvalue weighted by molar-refractivity contribution is 4.78. The molecule has 2 nitrogen and oxygen atoms in total. The van der Waals surface area contributed by atoms with Crippen LogP contribution in [0.15, 0.2) is 0 Å². The van der Waals surface area contributed by atoms with Crippen molar-refractivity contribution in [2.45, 2.75) is 57.9 Å². The lowest BCUT2D eigenvalue weighted by atomic mass is 10.1. The number of nitrogens with zero attached hydrogens (tertiary/aromatic N) is 1. The molecular formula is C14H28N2. The Balaban J connectivity index is 1.56. The Hall–Kier alpha value is -0.0800. The summed E-state index contributed by atoms with van der Waals surface area (Å²) < 4.78 is 0. The van der Waals surface area contributed by atoms with Crippen molar-refractivity contribution in [1.29, 1.82) is 0 Å². The summed E-state index contributed by atoms with van der Waals surface area (Å²) in [5.41, 5.74) is 0. The fourth-order valence-corrected chi connectivity index (χ4v) is 3.18. The second kappa shape index (κ2) is 6.61. The zero-order chi connectivity index (χ0) is 11.2. The molecule has 2 fully saturated rings. The standard InChI is InChI=1S/C14H28N2/c1-13-6-7-14(12-13)15-8-11-16-9-4-2-3-5-10-16/h13-15H,2-12H2,1H3. The van der Waals surface area contributed by atoms with Crippen LogP contribution in [-0.2, 0) is 0 Å². The van der Waals surface area contributed by atoms with Crippen molar-refractivity contribution in [3.8, 4) is 0 Å². The lowest BCUT2D eigenvalue weighted by Gasteiger charge is -2.21. The van der Waals surface area contributed by atoms with Gasteiger partial charge in [-0.05, 0) is 51.1 Å². The van der Waals surface area contributed by atoms with Crippen molar-refractivity contribution < 1.29 is 0 Å². The van der Waals surface area contributed by atoms with Crippen LogP contribution < -0.4 is 5.32 Å². The fraction of sp³-hybridized carbons (Fsp3) is 1.00. The first-order valence-corrected chi connectivity index (χ1v) is 7.30. The monoisotopic (exact) mass is 224 g/mol. The molecule has 1 saturated carbocycles. The van der Waals surface area contributed by atoms with E-state index in [1.807, 2.05) is 0 Å². The summed E-state index contributed by atoms with van der Waals surface area (Å²) in [7, 11) is 0. The van der Waals surface area contributed by atoms with Crippen molar-refractivity contribution in [1.82, 2.24) is 10.2 Å². The molecule has 1 aliphatic carbocycles. The molecule has 2 rings (SSSR count). The first-order chi connectivity index (χ1) is 7.84. The maximum Gasteiger partial charge on any atom is 0.0107 e. The van der Waals surface area contributed by atoms with Crippen LogP contribution in [0.25, 0.3) is 0 Å². The van der Waals surface area contributed by atoms with Gasteiger partial charge in [0.15, 0.2) is 0 Å². The van der Waals surface area contributed by atoms with Crippen molar-refractivity contribution in [3.05, 3.63) is 0 Å². The van der Waals surface area contributed by atoms with E-state index in [1.165, 1.54) is 71.1 Å². The highest BCUT2D eigenvalue weighted by atomic mass is 15.1. The minimum atomic E-state index is 0.821. The van der Waals surface area contributed by atoms with E-state index in [4.69, 9.17) is 0 Å². The van der Waals surface area contributed by atoms with E-state index in [9.17, 15) is 0 Å². The largest absolute Gasteiger partial charge is 0.313 e. The Kier molecular flexibility index (Phi) is 5.11. The lowest BCUT2D eigenvalue weighted by Crippen LogP contribution is -2.36. The predicted octanol–water partition coefficient (Wildman–Crippen LogP) is 2.64. The second-order valence-corrected chi connectivity index (χ2v) is 5.83. The average Bonchev–Trinajstić information content (AvgIpc) is 2.54. The fourth-order valence-electron chi connectivity index (χ4n) is 3.18. The van der Waals surface area contributed by atoms with Crippen LogP contribution >= 0.6 is 0 Å². The van der Waals surface area contributed by atoms with Crippen LogP contribution in [0.2, 0.25) is 0 Å².